The van der Waals surface area contributed by atoms with Crippen LogP contribution < -0.4 is 5.32 Å². The quantitative estimate of drug-likeness (QED) is 0.588. The summed E-state index contributed by atoms with van der Waals surface area (Å²) in [4.78, 5) is 13.4. The van der Waals surface area contributed by atoms with Crippen molar-refractivity contribution >= 4 is 52.7 Å². The Balaban J connectivity index is 1.75. The van der Waals surface area contributed by atoms with E-state index in [9.17, 15) is 4.79 Å². The van der Waals surface area contributed by atoms with Gasteiger partial charge in [0.2, 0.25) is 5.91 Å². The average Bonchev–Trinajstić information content (AvgIpc) is 3.18. The van der Waals surface area contributed by atoms with Crippen molar-refractivity contribution in [3.8, 4) is 10.7 Å². The van der Waals surface area contributed by atoms with E-state index in [-0.39, 0.29) is 18.5 Å². The number of H-pyrrole nitrogens is 1. The highest BCUT2D eigenvalue weighted by Crippen LogP contribution is 2.26. The number of aromatic amines is 1. The molecule has 5 nitrogen and oxygen atoms in total. The number of carbonyl (C=O) groups is 1. The van der Waals surface area contributed by atoms with Crippen LogP contribution in [0.25, 0.3) is 10.7 Å². The van der Waals surface area contributed by atoms with Gasteiger partial charge in [0.25, 0.3) is 0 Å². The van der Waals surface area contributed by atoms with Gasteiger partial charge in [0.05, 0.1) is 10.9 Å². The maximum Gasteiger partial charge on any atom is 0.240 e. The second kappa shape index (κ2) is 7.70. The van der Waals surface area contributed by atoms with Crippen LogP contribution >= 0.6 is 46.8 Å². The minimum absolute atomic E-state index is 0.0676. The van der Waals surface area contributed by atoms with Crippen molar-refractivity contribution in [3.05, 3.63) is 56.1 Å². The van der Waals surface area contributed by atoms with Crippen LogP contribution in [0.3, 0.4) is 0 Å². The topological polar surface area (TPSA) is 62.7 Å². The number of amides is 1. The van der Waals surface area contributed by atoms with Crippen LogP contribution in [-0.2, 0) is 11.3 Å². The first-order valence-corrected chi connectivity index (χ1v) is 9.43. The number of thiophene rings is 1. The minimum Gasteiger partial charge on any atom is -0.348 e. The maximum atomic E-state index is 12.5. The van der Waals surface area contributed by atoms with E-state index < -0.39 is 0 Å². The summed E-state index contributed by atoms with van der Waals surface area (Å²) >= 11 is 18.9. The molecule has 1 aromatic carbocycles. The molecular weight excluding hydrogens is 399 g/mol. The number of nitrogens with zero attached hydrogens (tertiary/aromatic N) is 2. The van der Waals surface area contributed by atoms with E-state index in [0.29, 0.717) is 20.6 Å². The van der Waals surface area contributed by atoms with Crippen LogP contribution in [0.15, 0.2) is 35.7 Å². The van der Waals surface area contributed by atoms with E-state index in [1.165, 1.54) is 11.3 Å². The van der Waals surface area contributed by atoms with Gasteiger partial charge < -0.3 is 5.32 Å². The smallest absolute Gasteiger partial charge is 0.240 e. The molecule has 2 aromatic heterocycles. The van der Waals surface area contributed by atoms with Crippen molar-refractivity contribution in [1.82, 2.24) is 20.1 Å². The maximum absolute atomic E-state index is 12.5. The van der Waals surface area contributed by atoms with Gasteiger partial charge in [0, 0.05) is 10.0 Å². The molecule has 2 N–H and O–H groups in total. The Labute approximate surface area is 163 Å². The molecule has 1 amide bonds. The zero-order valence-electron chi connectivity index (χ0n) is 13.1. The molecule has 0 saturated carbocycles. The zero-order chi connectivity index (χ0) is 18.0. The molecule has 0 saturated heterocycles. The van der Waals surface area contributed by atoms with Gasteiger partial charge in [-0.05, 0) is 48.3 Å². The third-order valence-corrected chi connectivity index (χ3v) is 5.35. The second-order valence-electron chi connectivity index (χ2n) is 5.37. The summed E-state index contributed by atoms with van der Waals surface area (Å²) < 4.78 is 2.07. The first-order valence-electron chi connectivity index (χ1n) is 7.39. The fraction of sp³-hybridized carbons (Fsp3) is 0.188. The summed E-state index contributed by atoms with van der Waals surface area (Å²) in [6.45, 7) is 1.93. The van der Waals surface area contributed by atoms with Gasteiger partial charge >= 0.3 is 0 Å². The zero-order valence-corrected chi connectivity index (χ0v) is 16.3. The molecule has 0 aliphatic rings. The van der Waals surface area contributed by atoms with Crippen molar-refractivity contribution in [2.24, 2.45) is 0 Å². The molecule has 0 unspecified atom stereocenters. The molecule has 3 aromatic rings. The monoisotopic (exact) mass is 412 g/mol. The molecule has 1 atom stereocenters. The lowest BCUT2D eigenvalue weighted by Crippen LogP contribution is -2.30. The fourth-order valence-electron chi connectivity index (χ4n) is 2.42. The van der Waals surface area contributed by atoms with E-state index in [4.69, 9.17) is 35.4 Å². The molecule has 0 radical (unpaired) electrons. The van der Waals surface area contributed by atoms with Gasteiger partial charge in [-0.25, -0.2) is 0 Å². The number of benzene rings is 1. The second-order valence-corrected chi connectivity index (χ2v) is 7.55. The van der Waals surface area contributed by atoms with Crippen molar-refractivity contribution < 1.29 is 4.79 Å². The van der Waals surface area contributed by atoms with Crippen molar-refractivity contribution in [2.45, 2.75) is 19.5 Å². The van der Waals surface area contributed by atoms with E-state index in [0.717, 1.165) is 10.4 Å². The van der Waals surface area contributed by atoms with Crippen molar-refractivity contribution in [2.75, 3.05) is 0 Å². The summed E-state index contributed by atoms with van der Waals surface area (Å²) in [7, 11) is 0. The van der Waals surface area contributed by atoms with E-state index in [1.54, 1.807) is 22.8 Å². The first-order chi connectivity index (χ1) is 12.0. The molecule has 0 aliphatic heterocycles. The highest BCUT2D eigenvalue weighted by molar-refractivity contribution is 7.71. The largest absolute Gasteiger partial charge is 0.348 e. The Bertz CT molecular complexity index is 949. The van der Waals surface area contributed by atoms with Crippen LogP contribution in [0.2, 0.25) is 10.0 Å². The summed E-state index contributed by atoms with van der Waals surface area (Å²) in [5.74, 6) is 0.459. The van der Waals surface area contributed by atoms with Gasteiger partial charge in [0.15, 0.2) is 10.6 Å². The van der Waals surface area contributed by atoms with E-state index in [1.807, 2.05) is 24.4 Å². The van der Waals surface area contributed by atoms with Gasteiger partial charge in [-0.2, -0.15) is 5.10 Å². The van der Waals surface area contributed by atoms with Gasteiger partial charge in [-0.3, -0.25) is 14.5 Å². The average molecular weight is 413 g/mol. The Kier molecular flexibility index (Phi) is 5.58. The normalized spacial score (nSPS) is 12.1. The highest BCUT2D eigenvalue weighted by atomic mass is 35.5. The molecule has 9 heteroatoms. The number of hydrogen-bond donors (Lipinski definition) is 2. The molecule has 0 aliphatic carbocycles. The molecule has 130 valence electrons. The Hall–Kier alpha value is -1.67. The Morgan fingerprint density at radius 1 is 1.44 bits per heavy atom. The number of halogens is 2. The van der Waals surface area contributed by atoms with Crippen molar-refractivity contribution in [1.29, 1.82) is 0 Å². The number of carbonyl (C=O) groups excluding carboxylic acids is 1. The van der Waals surface area contributed by atoms with Crippen LogP contribution in [-0.4, -0.2) is 20.7 Å². The number of rotatable bonds is 5. The molecular formula is C16H14Cl2N4OS2. The lowest BCUT2D eigenvalue weighted by atomic mass is 10.1. The lowest BCUT2D eigenvalue weighted by molar-refractivity contribution is -0.122. The van der Waals surface area contributed by atoms with Gasteiger partial charge in [-0.1, -0.05) is 35.3 Å². The first kappa shape index (κ1) is 18.1. The van der Waals surface area contributed by atoms with E-state index >= 15 is 0 Å². The number of nitrogens with one attached hydrogen (secondary N) is 2. The summed E-state index contributed by atoms with van der Waals surface area (Å²) in [5.41, 5.74) is 0.800. The molecule has 3 rings (SSSR count). The van der Waals surface area contributed by atoms with Gasteiger partial charge in [-0.15, -0.1) is 11.3 Å². The molecule has 0 fully saturated rings. The Morgan fingerprint density at radius 2 is 2.24 bits per heavy atom. The van der Waals surface area contributed by atoms with E-state index in [2.05, 4.69) is 15.5 Å². The number of hydrogen-bond acceptors (Lipinski definition) is 4. The van der Waals surface area contributed by atoms with Crippen molar-refractivity contribution in [3.63, 3.8) is 0 Å². The van der Waals surface area contributed by atoms with Crippen LogP contribution in [0.5, 0.6) is 0 Å². The minimum atomic E-state index is -0.261. The standard InChI is InChI=1S/C16H14Cl2N4OS2/c1-9(11-5-4-10(17)7-12(11)18)19-14(23)8-22-15(20-21-16(22)24)13-3-2-6-25-13/h2-7,9H,8H2,1H3,(H,19,23)(H,21,24)/t9-/m0/s1. The highest BCUT2D eigenvalue weighted by Gasteiger charge is 2.16. The third kappa shape index (κ3) is 4.12. The molecule has 0 spiro atoms. The van der Waals surface area contributed by atoms with Gasteiger partial charge in [0.1, 0.15) is 6.54 Å². The third-order valence-electron chi connectivity index (χ3n) is 3.61. The predicted molar refractivity (Wildman–Crippen MR) is 104 cm³/mol. The van der Waals surface area contributed by atoms with Crippen LogP contribution in [0, 0.1) is 4.77 Å². The SMILES string of the molecule is C[C@H](NC(=O)Cn1c(-c2cccs2)n[nH]c1=S)c1ccc(Cl)cc1Cl. The van der Waals surface area contributed by atoms with Crippen LogP contribution in [0.4, 0.5) is 0 Å². The molecule has 2 heterocycles. The molecule has 0 bridgehead atoms. The number of aromatic nitrogens is 3. The summed E-state index contributed by atoms with van der Waals surface area (Å²) in [6, 6.07) is 8.79. The lowest BCUT2D eigenvalue weighted by Gasteiger charge is -2.16. The van der Waals surface area contributed by atoms with Crippen LogP contribution in [0.1, 0.15) is 18.5 Å². The summed E-state index contributed by atoms with van der Waals surface area (Å²) in [6.07, 6.45) is 0. The Morgan fingerprint density at radius 3 is 2.92 bits per heavy atom. The predicted octanol–water partition coefficient (Wildman–Crippen LogP) is 4.85. The molecule has 25 heavy (non-hydrogen) atoms. The fourth-order valence-corrected chi connectivity index (χ4v) is 3.91. The summed E-state index contributed by atoms with van der Waals surface area (Å²) in [5, 5.41) is 12.9.